The van der Waals surface area contributed by atoms with Gasteiger partial charge in [-0.1, -0.05) is 18.2 Å². The van der Waals surface area contributed by atoms with Crippen molar-refractivity contribution in [2.75, 3.05) is 46.4 Å². The number of halogens is 3. The smallest absolute Gasteiger partial charge is 0.403 e. The first kappa shape index (κ1) is 21.3. The maximum Gasteiger partial charge on any atom is 0.403 e. The number of hydrogen-bond donors (Lipinski definition) is 1. The molecular formula is C19H29F3N4O. The Morgan fingerprint density at radius 2 is 1.81 bits per heavy atom. The maximum atomic E-state index is 12.8. The van der Waals surface area contributed by atoms with Crippen molar-refractivity contribution in [1.82, 2.24) is 15.1 Å². The molecule has 8 heteroatoms. The molecule has 0 aliphatic carbocycles. The quantitative estimate of drug-likeness (QED) is 0.444. The van der Waals surface area contributed by atoms with Crippen LogP contribution in [-0.4, -0.2) is 74.4 Å². The van der Waals surface area contributed by atoms with E-state index in [0.717, 1.165) is 31.1 Å². The van der Waals surface area contributed by atoms with Crippen molar-refractivity contribution >= 4 is 5.96 Å². The van der Waals surface area contributed by atoms with E-state index in [1.165, 1.54) is 11.8 Å². The van der Waals surface area contributed by atoms with E-state index >= 15 is 0 Å². The predicted octanol–water partition coefficient (Wildman–Crippen LogP) is 2.99. The van der Waals surface area contributed by atoms with E-state index in [2.05, 4.69) is 10.3 Å². The lowest BCUT2D eigenvalue weighted by Gasteiger charge is -2.39. The fourth-order valence-corrected chi connectivity index (χ4v) is 2.99. The van der Waals surface area contributed by atoms with Crippen LogP contribution in [0.5, 0.6) is 5.75 Å². The second-order valence-corrected chi connectivity index (χ2v) is 6.58. The Kier molecular flexibility index (Phi) is 8.22. The lowest BCUT2D eigenvalue weighted by Crippen LogP contribution is -2.56. The summed E-state index contributed by atoms with van der Waals surface area (Å²) in [5.41, 5.74) is 0. The maximum absolute atomic E-state index is 12.8. The fourth-order valence-electron chi connectivity index (χ4n) is 2.99. The summed E-state index contributed by atoms with van der Waals surface area (Å²) in [6, 6.07) is 8.29. The predicted molar refractivity (Wildman–Crippen MR) is 101 cm³/mol. The Bertz CT molecular complexity index is 572. The number of unbranched alkanes of at least 4 members (excludes halogenated alkanes) is 1. The van der Waals surface area contributed by atoms with Crippen LogP contribution in [0.3, 0.4) is 0 Å². The Balaban J connectivity index is 1.63. The lowest BCUT2D eigenvalue weighted by atomic mass is 10.2. The Morgan fingerprint density at radius 1 is 1.15 bits per heavy atom. The number of rotatable bonds is 7. The number of piperazine rings is 1. The van der Waals surface area contributed by atoms with Gasteiger partial charge in [-0.25, -0.2) is 0 Å². The third kappa shape index (κ3) is 6.93. The molecule has 0 saturated carbocycles. The van der Waals surface area contributed by atoms with Crippen LogP contribution < -0.4 is 10.1 Å². The van der Waals surface area contributed by atoms with Gasteiger partial charge in [0.2, 0.25) is 0 Å². The molecule has 1 heterocycles. The molecule has 1 aromatic rings. The van der Waals surface area contributed by atoms with E-state index in [-0.39, 0.29) is 0 Å². The summed E-state index contributed by atoms with van der Waals surface area (Å²) in [6.07, 6.45) is -2.34. The minimum atomic E-state index is -4.18. The second-order valence-electron chi connectivity index (χ2n) is 6.58. The molecule has 0 bridgehead atoms. The molecule has 1 aromatic carbocycles. The van der Waals surface area contributed by atoms with Gasteiger partial charge in [-0.2, -0.15) is 13.2 Å². The molecule has 152 valence electrons. The third-order valence-corrected chi connectivity index (χ3v) is 4.71. The Labute approximate surface area is 159 Å². The number of para-hydroxylation sites is 1. The van der Waals surface area contributed by atoms with Crippen LogP contribution in [-0.2, 0) is 0 Å². The van der Waals surface area contributed by atoms with Crippen LogP contribution in [0.15, 0.2) is 35.3 Å². The number of benzene rings is 1. The van der Waals surface area contributed by atoms with Crippen molar-refractivity contribution in [1.29, 1.82) is 0 Å². The molecule has 0 amide bonds. The number of ether oxygens (including phenoxy) is 1. The number of nitrogens with one attached hydrogen (secondary N) is 1. The van der Waals surface area contributed by atoms with Gasteiger partial charge in [-0.15, -0.1) is 0 Å². The molecule has 1 atom stereocenters. The highest BCUT2D eigenvalue weighted by Gasteiger charge is 2.41. The van der Waals surface area contributed by atoms with E-state index in [9.17, 15) is 13.2 Å². The molecule has 1 unspecified atom stereocenters. The van der Waals surface area contributed by atoms with Crippen molar-refractivity contribution < 1.29 is 17.9 Å². The summed E-state index contributed by atoms with van der Waals surface area (Å²) < 4.78 is 44.1. The van der Waals surface area contributed by atoms with E-state index in [0.29, 0.717) is 32.8 Å². The fraction of sp³-hybridized carbons (Fsp3) is 0.632. The average Bonchev–Trinajstić information content (AvgIpc) is 2.67. The van der Waals surface area contributed by atoms with Gasteiger partial charge in [0.15, 0.2) is 5.96 Å². The molecule has 1 N–H and O–H groups in total. The van der Waals surface area contributed by atoms with Crippen molar-refractivity contribution in [3.05, 3.63) is 30.3 Å². The van der Waals surface area contributed by atoms with E-state index in [4.69, 9.17) is 4.74 Å². The monoisotopic (exact) mass is 386 g/mol. The van der Waals surface area contributed by atoms with Crippen molar-refractivity contribution in [3.63, 3.8) is 0 Å². The van der Waals surface area contributed by atoms with Crippen LogP contribution in [0, 0.1) is 0 Å². The minimum Gasteiger partial charge on any atom is -0.494 e. The molecule has 1 aliphatic heterocycles. The van der Waals surface area contributed by atoms with E-state index in [1.807, 2.05) is 35.2 Å². The highest BCUT2D eigenvalue weighted by atomic mass is 19.4. The van der Waals surface area contributed by atoms with Gasteiger partial charge < -0.3 is 15.0 Å². The molecule has 2 rings (SSSR count). The molecule has 27 heavy (non-hydrogen) atoms. The zero-order valence-electron chi connectivity index (χ0n) is 16.0. The first-order chi connectivity index (χ1) is 12.9. The third-order valence-electron chi connectivity index (χ3n) is 4.71. The molecule has 0 spiro atoms. The summed E-state index contributed by atoms with van der Waals surface area (Å²) in [7, 11) is 1.70. The molecule has 0 radical (unpaired) electrons. The van der Waals surface area contributed by atoms with Crippen LogP contribution >= 0.6 is 0 Å². The van der Waals surface area contributed by atoms with Crippen LogP contribution in [0.4, 0.5) is 13.2 Å². The first-order valence-electron chi connectivity index (χ1n) is 9.36. The molecule has 1 fully saturated rings. The largest absolute Gasteiger partial charge is 0.494 e. The number of guanidine groups is 1. The van der Waals surface area contributed by atoms with Crippen molar-refractivity contribution in [2.24, 2.45) is 4.99 Å². The first-order valence-corrected chi connectivity index (χ1v) is 9.36. The van der Waals surface area contributed by atoms with Crippen LogP contribution in [0.1, 0.15) is 19.8 Å². The van der Waals surface area contributed by atoms with E-state index in [1.54, 1.807) is 7.05 Å². The van der Waals surface area contributed by atoms with Gasteiger partial charge in [0.1, 0.15) is 11.8 Å². The zero-order chi connectivity index (χ0) is 19.7. The lowest BCUT2D eigenvalue weighted by molar-refractivity contribution is -0.181. The topological polar surface area (TPSA) is 40.1 Å². The zero-order valence-corrected chi connectivity index (χ0v) is 16.0. The molecule has 0 aromatic heterocycles. The number of hydrogen-bond acceptors (Lipinski definition) is 3. The average molecular weight is 386 g/mol. The number of nitrogens with zero attached hydrogens (tertiary/aromatic N) is 3. The van der Waals surface area contributed by atoms with E-state index < -0.39 is 12.2 Å². The second kappa shape index (κ2) is 10.4. The Morgan fingerprint density at radius 3 is 2.41 bits per heavy atom. The van der Waals surface area contributed by atoms with Gasteiger partial charge >= 0.3 is 6.18 Å². The summed E-state index contributed by atoms with van der Waals surface area (Å²) in [5, 5.41) is 3.29. The minimum absolute atomic E-state index is 0.381. The molecular weight excluding hydrogens is 357 g/mol. The standard InChI is InChI=1S/C19H29F3N4O/c1-16(19(20,21)22)25-11-13-26(14-12-25)18(23-2)24-10-6-7-15-27-17-8-4-3-5-9-17/h3-5,8-9,16H,6-7,10-15H2,1-2H3,(H,23,24). The molecule has 1 saturated heterocycles. The molecule has 5 nitrogen and oxygen atoms in total. The number of alkyl halides is 3. The summed E-state index contributed by atoms with van der Waals surface area (Å²) in [5.74, 6) is 1.62. The number of aliphatic imine (C=N–C) groups is 1. The van der Waals surface area contributed by atoms with Crippen LogP contribution in [0.25, 0.3) is 0 Å². The van der Waals surface area contributed by atoms with Gasteiger partial charge in [0, 0.05) is 39.8 Å². The van der Waals surface area contributed by atoms with Gasteiger partial charge in [0.25, 0.3) is 0 Å². The SMILES string of the molecule is CN=C(NCCCCOc1ccccc1)N1CCN(C(C)C(F)(F)F)CC1. The van der Waals surface area contributed by atoms with Crippen molar-refractivity contribution in [3.8, 4) is 5.75 Å². The van der Waals surface area contributed by atoms with Gasteiger partial charge in [-0.05, 0) is 31.9 Å². The molecule has 1 aliphatic rings. The van der Waals surface area contributed by atoms with Crippen LogP contribution in [0.2, 0.25) is 0 Å². The Hall–Kier alpha value is -1.96. The summed E-state index contributed by atoms with van der Waals surface area (Å²) >= 11 is 0. The van der Waals surface area contributed by atoms with Gasteiger partial charge in [0.05, 0.1) is 6.61 Å². The van der Waals surface area contributed by atoms with Gasteiger partial charge in [-0.3, -0.25) is 9.89 Å². The summed E-state index contributed by atoms with van der Waals surface area (Å²) in [6.45, 7) is 4.47. The highest BCUT2D eigenvalue weighted by Crippen LogP contribution is 2.25. The summed E-state index contributed by atoms with van der Waals surface area (Å²) in [4.78, 5) is 7.75. The highest BCUT2D eigenvalue weighted by molar-refractivity contribution is 5.79. The normalized spacial score (nSPS) is 17.7. The van der Waals surface area contributed by atoms with Crippen molar-refractivity contribution in [2.45, 2.75) is 32.0 Å².